The molecule has 4 aromatic rings. The number of fused-ring (bicyclic) bond motifs is 2. The Balaban J connectivity index is 1.04. The number of benzene rings is 3. The van der Waals surface area contributed by atoms with Crippen molar-refractivity contribution in [2.45, 2.75) is 57.5 Å². The molecule has 0 radical (unpaired) electrons. The van der Waals surface area contributed by atoms with Gasteiger partial charge in [-0.15, -0.1) is 0 Å². The maximum atomic E-state index is 14.2. The predicted octanol–water partition coefficient (Wildman–Crippen LogP) is 9.18. The van der Waals surface area contributed by atoms with Gasteiger partial charge in [0.15, 0.2) is 0 Å². The number of hydrogen-bond donors (Lipinski definition) is 2. The van der Waals surface area contributed by atoms with Crippen molar-refractivity contribution in [1.29, 1.82) is 0 Å². The van der Waals surface area contributed by atoms with Gasteiger partial charge in [-0.1, -0.05) is 84.2 Å². The minimum Gasteiger partial charge on any atom is -0.378 e. The first-order chi connectivity index (χ1) is 26.3. The van der Waals surface area contributed by atoms with Crippen molar-refractivity contribution >= 4 is 68.8 Å². The molecule has 11 heteroatoms. The molecule has 282 valence electrons. The number of likely N-dealkylation sites (tertiary alicyclic amines) is 2. The number of H-pyrrole nitrogens is 1. The predicted molar refractivity (Wildman–Crippen MR) is 218 cm³/mol. The number of ether oxygens (including phenoxy) is 1. The highest BCUT2D eigenvalue weighted by Crippen LogP contribution is 2.53. The number of nitrogens with zero attached hydrogens (tertiary/aromatic N) is 3. The number of aromatic nitrogens is 1. The number of allylic oxidation sites excluding steroid dienone is 2. The Labute approximate surface area is 332 Å². The highest BCUT2D eigenvalue weighted by molar-refractivity contribution is 6.35. The van der Waals surface area contributed by atoms with E-state index in [1.165, 1.54) is 0 Å². The molecule has 8 nitrogen and oxygen atoms in total. The van der Waals surface area contributed by atoms with Gasteiger partial charge in [0.2, 0.25) is 5.91 Å². The molecule has 1 aromatic heterocycles. The normalized spacial score (nSPS) is 20.8. The Hall–Kier alpha value is -3.79. The van der Waals surface area contributed by atoms with Gasteiger partial charge >= 0.3 is 0 Å². The van der Waals surface area contributed by atoms with Gasteiger partial charge in [-0.2, -0.15) is 0 Å². The van der Waals surface area contributed by atoms with Crippen molar-refractivity contribution in [1.82, 2.24) is 25.0 Å². The third-order valence-electron chi connectivity index (χ3n) is 11.5. The highest BCUT2D eigenvalue weighted by Gasteiger charge is 2.40. The van der Waals surface area contributed by atoms with E-state index >= 15 is 0 Å². The van der Waals surface area contributed by atoms with Gasteiger partial charge in [-0.05, 0) is 84.6 Å². The van der Waals surface area contributed by atoms with E-state index in [9.17, 15) is 9.59 Å². The van der Waals surface area contributed by atoms with Gasteiger partial charge in [0.25, 0.3) is 5.91 Å². The molecule has 2 fully saturated rings. The van der Waals surface area contributed by atoms with E-state index in [2.05, 4.69) is 68.5 Å². The van der Waals surface area contributed by atoms with Crippen molar-refractivity contribution in [2.24, 2.45) is 5.92 Å². The average Bonchev–Trinajstić information content (AvgIpc) is 3.46. The van der Waals surface area contributed by atoms with Crippen molar-refractivity contribution in [3.63, 3.8) is 0 Å². The first kappa shape index (κ1) is 37.1. The van der Waals surface area contributed by atoms with E-state index in [1.54, 1.807) is 6.07 Å². The highest BCUT2D eigenvalue weighted by atomic mass is 35.5. The Bertz CT molecular complexity index is 2110. The first-order valence-electron chi connectivity index (χ1n) is 19.2. The minimum atomic E-state index is -0.322. The molecule has 2 N–H and O–H groups in total. The SMILES string of the molecule is CC1CC=CN2C(=C1c1ccccc1)c1c(C(=O)NCCOCCN3CCC(N4CCCCC4=O)CC3)[nH]c3cc(Cl)cc(c13)C2c1ccc(Cl)cc1Cl. The largest absolute Gasteiger partial charge is 0.378 e. The molecule has 2 saturated heterocycles. The zero-order chi connectivity index (χ0) is 37.3. The summed E-state index contributed by atoms with van der Waals surface area (Å²) in [5.41, 5.74) is 7.20. The number of halogens is 3. The molecule has 5 heterocycles. The number of carbonyl (C=O) groups excluding carboxylic acids is 2. The molecule has 3 aromatic carbocycles. The van der Waals surface area contributed by atoms with Crippen LogP contribution >= 0.6 is 34.8 Å². The molecule has 0 aliphatic carbocycles. The molecule has 2 unspecified atom stereocenters. The number of nitrogens with one attached hydrogen (secondary N) is 2. The number of rotatable bonds is 10. The summed E-state index contributed by atoms with van der Waals surface area (Å²) in [6.45, 7) is 7.29. The van der Waals surface area contributed by atoms with Gasteiger partial charge in [-0.25, -0.2) is 0 Å². The monoisotopic (exact) mass is 785 g/mol. The maximum Gasteiger partial charge on any atom is 0.268 e. The standard InChI is InChI=1S/C43H46Cl3N5O3/c1-27-8-7-18-51-41(32-13-12-29(44)25-34(32)46)33-24-30(45)26-35-38(33)39(42(51)37(27)28-9-3-2-4-10-28)40(48-35)43(53)47-16-22-54-23-21-49-19-14-31(15-20-49)50-17-6-5-11-36(50)52/h2-4,7,9-10,12-13,18,24-27,31,41,48H,5-6,8,11,14-17,19-23H2,1H3,(H,47,53). The second-order valence-corrected chi connectivity index (χ2v) is 16.2. The van der Waals surface area contributed by atoms with Gasteiger partial charge in [0.1, 0.15) is 5.69 Å². The number of amides is 2. The molecule has 4 aliphatic rings. The fraction of sp³-hybridized carbons (Fsp3) is 0.395. The maximum absolute atomic E-state index is 14.2. The molecular formula is C43H46Cl3N5O3. The van der Waals surface area contributed by atoms with E-state index in [-0.39, 0.29) is 17.9 Å². The first-order valence-corrected chi connectivity index (χ1v) is 20.3. The van der Waals surface area contributed by atoms with Crippen LogP contribution in [0, 0.1) is 5.92 Å². The third kappa shape index (κ3) is 7.31. The summed E-state index contributed by atoms with van der Waals surface area (Å²) in [5, 5.41) is 5.77. The molecular weight excluding hydrogens is 741 g/mol. The summed E-state index contributed by atoms with van der Waals surface area (Å²) in [5.74, 6) is 0.278. The second-order valence-electron chi connectivity index (χ2n) is 14.9. The van der Waals surface area contributed by atoms with Crippen molar-refractivity contribution in [3.05, 3.63) is 116 Å². The minimum absolute atomic E-state index is 0.158. The lowest BCUT2D eigenvalue weighted by Crippen LogP contribution is -2.49. The molecule has 0 bridgehead atoms. The summed E-state index contributed by atoms with van der Waals surface area (Å²) < 4.78 is 6.02. The van der Waals surface area contributed by atoms with E-state index in [4.69, 9.17) is 39.5 Å². The lowest BCUT2D eigenvalue weighted by molar-refractivity contribution is -0.136. The van der Waals surface area contributed by atoms with Crippen LogP contribution in [0.4, 0.5) is 0 Å². The topological polar surface area (TPSA) is 80.9 Å². The zero-order valence-corrected chi connectivity index (χ0v) is 32.8. The van der Waals surface area contributed by atoms with Gasteiger partial charge < -0.3 is 29.7 Å². The summed E-state index contributed by atoms with van der Waals surface area (Å²) in [4.78, 5) is 36.9. The van der Waals surface area contributed by atoms with Crippen LogP contribution in [0.25, 0.3) is 22.2 Å². The summed E-state index contributed by atoms with van der Waals surface area (Å²) >= 11 is 20.2. The Morgan fingerprint density at radius 3 is 2.54 bits per heavy atom. The van der Waals surface area contributed by atoms with Crippen LogP contribution in [0.5, 0.6) is 0 Å². The second kappa shape index (κ2) is 16.1. The summed E-state index contributed by atoms with van der Waals surface area (Å²) in [7, 11) is 0. The quantitative estimate of drug-likeness (QED) is 0.157. The Morgan fingerprint density at radius 2 is 1.76 bits per heavy atom. The molecule has 8 rings (SSSR count). The van der Waals surface area contributed by atoms with E-state index in [0.717, 1.165) is 103 Å². The van der Waals surface area contributed by atoms with Crippen molar-refractivity contribution in [3.8, 4) is 0 Å². The van der Waals surface area contributed by atoms with Crippen LogP contribution in [0.15, 0.2) is 72.9 Å². The number of hydrogen-bond acceptors (Lipinski definition) is 5. The molecule has 4 aliphatic heterocycles. The number of aromatic amines is 1. The number of piperidine rings is 2. The fourth-order valence-corrected chi connectivity index (χ4v) is 9.63. The Kier molecular flexibility index (Phi) is 11.1. The van der Waals surface area contributed by atoms with Crippen molar-refractivity contribution < 1.29 is 14.3 Å². The van der Waals surface area contributed by atoms with E-state index in [1.807, 2.05) is 30.3 Å². The lowest BCUT2D eigenvalue weighted by atomic mass is 9.82. The molecule has 2 atom stereocenters. The van der Waals surface area contributed by atoms with Crippen LogP contribution in [-0.2, 0) is 9.53 Å². The molecule has 0 spiro atoms. The Morgan fingerprint density at radius 1 is 0.944 bits per heavy atom. The molecule has 54 heavy (non-hydrogen) atoms. The van der Waals surface area contributed by atoms with Crippen LogP contribution in [-0.4, -0.2) is 83.5 Å². The fourth-order valence-electron chi connectivity index (χ4n) is 8.89. The summed E-state index contributed by atoms with van der Waals surface area (Å²) in [6.07, 6.45) is 10.0. The van der Waals surface area contributed by atoms with Crippen LogP contribution in [0.2, 0.25) is 15.1 Å². The van der Waals surface area contributed by atoms with Crippen LogP contribution < -0.4 is 5.32 Å². The average molecular weight is 787 g/mol. The van der Waals surface area contributed by atoms with Crippen LogP contribution in [0.3, 0.4) is 0 Å². The van der Waals surface area contributed by atoms with Gasteiger partial charge in [0, 0.05) is 82.9 Å². The van der Waals surface area contributed by atoms with E-state index in [0.29, 0.717) is 58.9 Å². The lowest BCUT2D eigenvalue weighted by Gasteiger charge is -2.40. The van der Waals surface area contributed by atoms with E-state index < -0.39 is 0 Å². The molecule has 2 amide bonds. The molecule has 0 saturated carbocycles. The number of carbonyl (C=O) groups is 2. The van der Waals surface area contributed by atoms with Crippen LogP contribution in [0.1, 0.15) is 84.2 Å². The van der Waals surface area contributed by atoms with Crippen molar-refractivity contribution in [2.75, 3.05) is 45.9 Å². The smallest absolute Gasteiger partial charge is 0.268 e. The summed E-state index contributed by atoms with van der Waals surface area (Å²) in [6, 6.07) is 20.0. The third-order valence-corrected chi connectivity index (χ3v) is 12.3. The van der Waals surface area contributed by atoms with Gasteiger partial charge in [0.05, 0.1) is 25.0 Å². The zero-order valence-electron chi connectivity index (χ0n) is 30.6. The van der Waals surface area contributed by atoms with Gasteiger partial charge in [-0.3, -0.25) is 9.59 Å².